The summed E-state index contributed by atoms with van der Waals surface area (Å²) in [6.45, 7) is 1.49. The number of carbonyl (C=O) groups is 2. The standard InChI is InChI=1S/C20H15ClFN3O2/c1-12(26)13-3-2-4-15(9-13)24-19-10-14(7-8-23-19)20(27)25-16-5-6-18(22)17(21)11-16/h2-11H,1H3,(H,23,24)(H,25,27). The lowest BCUT2D eigenvalue weighted by Crippen LogP contribution is -2.12. The zero-order chi connectivity index (χ0) is 19.4. The van der Waals surface area contributed by atoms with E-state index >= 15 is 0 Å². The topological polar surface area (TPSA) is 71.1 Å². The van der Waals surface area contributed by atoms with Gasteiger partial charge in [-0.3, -0.25) is 9.59 Å². The van der Waals surface area contributed by atoms with Crippen LogP contribution in [-0.4, -0.2) is 16.7 Å². The maximum Gasteiger partial charge on any atom is 0.255 e. The molecule has 136 valence electrons. The highest BCUT2D eigenvalue weighted by atomic mass is 35.5. The van der Waals surface area contributed by atoms with E-state index in [1.54, 1.807) is 36.4 Å². The molecule has 0 spiro atoms. The predicted molar refractivity (Wildman–Crippen MR) is 103 cm³/mol. The van der Waals surface area contributed by atoms with Crippen LogP contribution in [0.15, 0.2) is 60.8 Å². The highest BCUT2D eigenvalue weighted by Crippen LogP contribution is 2.21. The summed E-state index contributed by atoms with van der Waals surface area (Å²) in [5, 5.41) is 5.64. The number of hydrogen-bond donors (Lipinski definition) is 2. The van der Waals surface area contributed by atoms with Crippen LogP contribution in [0.1, 0.15) is 27.6 Å². The molecule has 2 aromatic carbocycles. The van der Waals surface area contributed by atoms with Gasteiger partial charge in [-0.2, -0.15) is 0 Å². The Kier molecular flexibility index (Phi) is 5.47. The molecule has 0 radical (unpaired) electrons. The lowest BCUT2D eigenvalue weighted by molar-refractivity contribution is 0.101. The van der Waals surface area contributed by atoms with E-state index in [9.17, 15) is 14.0 Å². The summed E-state index contributed by atoms with van der Waals surface area (Å²) in [5.74, 6) is -0.545. The number of rotatable bonds is 5. The number of benzene rings is 2. The van der Waals surface area contributed by atoms with Crippen LogP contribution >= 0.6 is 11.6 Å². The number of aromatic nitrogens is 1. The van der Waals surface area contributed by atoms with Gasteiger partial charge in [-0.1, -0.05) is 23.7 Å². The van der Waals surface area contributed by atoms with E-state index in [4.69, 9.17) is 11.6 Å². The first kappa shape index (κ1) is 18.5. The molecule has 1 aromatic heterocycles. The molecular weight excluding hydrogens is 369 g/mol. The number of pyridine rings is 1. The molecular formula is C20H15ClFN3O2. The van der Waals surface area contributed by atoms with E-state index in [-0.39, 0.29) is 16.7 Å². The van der Waals surface area contributed by atoms with Crippen molar-refractivity contribution in [1.82, 2.24) is 4.98 Å². The van der Waals surface area contributed by atoms with Crippen molar-refractivity contribution in [2.75, 3.05) is 10.6 Å². The molecule has 0 atom stereocenters. The number of halogens is 2. The molecule has 27 heavy (non-hydrogen) atoms. The molecule has 0 saturated carbocycles. The smallest absolute Gasteiger partial charge is 0.255 e. The van der Waals surface area contributed by atoms with Crippen molar-refractivity contribution in [2.24, 2.45) is 0 Å². The first-order valence-electron chi connectivity index (χ1n) is 8.03. The van der Waals surface area contributed by atoms with Gasteiger partial charge in [-0.25, -0.2) is 9.37 Å². The lowest BCUT2D eigenvalue weighted by Gasteiger charge is -2.09. The molecule has 0 saturated heterocycles. The quantitative estimate of drug-likeness (QED) is 0.603. The summed E-state index contributed by atoms with van der Waals surface area (Å²) < 4.78 is 13.2. The molecule has 7 heteroatoms. The Hall–Kier alpha value is -3.25. The first-order valence-corrected chi connectivity index (χ1v) is 8.40. The number of amides is 1. The Balaban J connectivity index is 1.76. The van der Waals surface area contributed by atoms with Crippen molar-refractivity contribution in [3.8, 4) is 0 Å². The SMILES string of the molecule is CC(=O)c1cccc(Nc2cc(C(=O)Nc3ccc(F)c(Cl)c3)ccn2)c1. The fourth-order valence-corrected chi connectivity index (χ4v) is 2.56. The summed E-state index contributed by atoms with van der Waals surface area (Å²) in [6.07, 6.45) is 1.49. The van der Waals surface area contributed by atoms with Crippen LogP contribution in [0, 0.1) is 5.82 Å². The number of nitrogens with one attached hydrogen (secondary N) is 2. The minimum absolute atomic E-state index is 0.0438. The van der Waals surface area contributed by atoms with Gasteiger partial charge in [0.2, 0.25) is 0 Å². The maximum absolute atomic E-state index is 13.2. The van der Waals surface area contributed by atoms with Gasteiger partial charge in [0.1, 0.15) is 11.6 Å². The summed E-state index contributed by atoms with van der Waals surface area (Å²) in [6, 6.07) is 14.0. The average Bonchev–Trinajstić information content (AvgIpc) is 2.65. The molecule has 0 fully saturated rings. The molecule has 0 aliphatic rings. The predicted octanol–water partition coefficient (Wildman–Crippen LogP) is 5.07. The third-order valence-corrected chi connectivity index (χ3v) is 4.03. The van der Waals surface area contributed by atoms with Crippen LogP contribution in [0.3, 0.4) is 0 Å². The number of Topliss-reactive ketones (excluding diaryl/α,β-unsaturated/α-hetero) is 1. The molecule has 1 heterocycles. The van der Waals surface area contributed by atoms with E-state index in [0.717, 1.165) is 0 Å². The van der Waals surface area contributed by atoms with Crippen LogP contribution in [-0.2, 0) is 0 Å². The highest BCUT2D eigenvalue weighted by Gasteiger charge is 2.10. The molecule has 0 aliphatic carbocycles. The summed E-state index contributed by atoms with van der Waals surface area (Å²) in [5.41, 5.74) is 1.99. The Labute approximate surface area is 160 Å². The van der Waals surface area contributed by atoms with E-state index in [1.807, 2.05) is 0 Å². The first-order chi connectivity index (χ1) is 12.9. The van der Waals surface area contributed by atoms with Gasteiger partial charge in [0.15, 0.2) is 5.78 Å². The molecule has 0 unspecified atom stereocenters. The second-order valence-corrected chi connectivity index (χ2v) is 6.18. The van der Waals surface area contributed by atoms with Crippen LogP contribution in [0.5, 0.6) is 0 Å². The number of nitrogens with zero attached hydrogens (tertiary/aromatic N) is 1. The van der Waals surface area contributed by atoms with E-state index in [0.29, 0.717) is 28.3 Å². The zero-order valence-corrected chi connectivity index (χ0v) is 15.0. The molecule has 3 rings (SSSR count). The Bertz CT molecular complexity index is 1020. The molecule has 2 N–H and O–H groups in total. The summed E-state index contributed by atoms with van der Waals surface area (Å²) in [7, 11) is 0. The summed E-state index contributed by atoms with van der Waals surface area (Å²) in [4.78, 5) is 28.1. The number of carbonyl (C=O) groups excluding carboxylic acids is 2. The lowest BCUT2D eigenvalue weighted by atomic mass is 10.1. The molecule has 1 amide bonds. The minimum Gasteiger partial charge on any atom is -0.340 e. The van der Waals surface area contributed by atoms with Crippen molar-refractivity contribution in [3.63, 3.8) is 0 Å². The van der Waals surface area contributed by atoms with Gasteiger partial charge >= 0.3 is 0 Å². The third-order valence-electron chi connectivity index (χ3n) is 3.74. The number of hydrogen-bond acceptors (Lipinski definition) is 4. The van der Waals surface area contributed by atoms with Gasteiger partial charge in [-0.05, 0) is 49.4 Å². The van der Waals surface area contributed by atoms with Gasteiger partial charge in [-0.15, -0.1) is 0 Å². The Morgan fingerprint density at radius 1 is 1.00 bits per heavy atom. The van der Waals surface area contributed by atoms with Crippen LogP contribution in [0.2, 0.25) is 5.02 Å². The number of ketones is 1. The van der Waals surface area contributed by atoms with Crippen LogP contribution < -0.4 is 10.6 Å². The van der Waals surface area contributed by atoms with Crippen LogP contribution in [0.25, 0.3) is 0 Å². The minimum atomic E-state index is -0.558. The Morgan fingerprint density at radius 3 is 2.56 bits per heavy atom. The van der Waals surface area contributed by atoms with E-state index in [1.165, 1.54) is 31.3 Å². The van der Waals surface area contributed by atoms with Crippen molar-refractivity contribution in [2.45, 2.75) is 6.92 Å². The van der Waals surface area contributed by atoms with Gasteiger partial charge in [0.05, 0.1) is 5.02 Å². The summed E-state index contributed by atoms with van der Waals surface area (Å²) >= 11 is 5.72. The van der Waals surface area contributed by atoms with E-state index < -0.39 is 5.82 Å². The van der Waals surface area contributed by atoms with Crippen molar-refractivity contribution >= 4 is 40.5 Å². The second kappa shape index (κ2) is 7.97. The largest absolute Gasteiger partial charge is 0.340 e. The monoisotopic (exact) mass is 383 g/mol. The highest BCUT2D eigenvalue weighted by molar-refractivity contribution is 6.31. The Morgan fingerprint density at radius 2 is 1.81 bits per heavy atom. The van der Waals surface area contributed by atoms with Gasteiger partial charge in [0.25, 0.3) is 5.91 Å². The molecule has 5 nitrogen and oxygen atoms in total. The molecule has 0 bridgehead atoms. The van der Waals surface area contributed by atoms with Crippen LogP contribution in [0.4, 0.5) is 21.6 Å². The zero-order valence-electron chi connectivity index (χ0n) is 14.3. The normalized spacial score (nSPS) is 10.3. The van der Waals surface area contributed by atoms with Gasteiger partial charge < -0.3 is 10.6 Å². The van der Waals surface area contributed by atoms with Gasteiger partial charge in [0, 0.05) is 28.7 Å². The fourth-order valence-electron chi connectivity index (χ4n) is 2.38. The van der Waals surface area contributed by atoms with Crippen molar-refractivity contribution in [3.05, 3.63) is 82.8 Å². The van der Waals surface area contributed by atoms with Crippen molar-refractivity contribution in [1.29, 1.82) is 0 Å². The third kappa shape index (κ3) is 4.68. The van der Waals surface area contributed by atoms with Crippen molar-refractivity contribution < 1.29 is 14.0 Å². The van der Waals surface area contributed by atoms with E-state index in [2.05, 4.69) is 15.6 Å². The average molecular weight is 384 g/mol. The fraction of sp³-hybridized carbons (Fsp3) is 0.0500. The maximum atomic E-state index is 13.2. The molecule has 0 aliphatic heterocycles. The second-order valence-electron chi connectivity index (χ2n) is 5.77. The molecule has 3 aromatic rings. The number of anilines is 3.